The number of piperidine rings is 1. The largest absolute Gasteiger partial charge is 0.496 e. The van der Waals surface area contributed by atoms with Crippen LogP contribution < -0.4 is 19.5 Å². The molecule has 3 aliphatic rings. The van der Waals surface area contributed by atoms with E-state index in [1.807, 2.05) is 13.8 Å². The summed E-state index contributed by atoms with van der Waals surface area (Å²) in [5.74, 6) is 2.10. The van der Waals surface area contributed by atoms with Crippen molar-refractivity contribution in [2.75, 3.05) is 27.9 Å². The highest BCUT2D eigenvalue weighted by Gasteiger charge is 2.53. The van der Waals surface area contributed by atoms with Crippen molar-refractivity contribution in [3.63, 3.8) is 0 Å². The van der Waals surface area contributed by atoms with Crippen LogP contribution in [0.15, 0.2) is 12.1 Å². The second-order valence-electron chi connectivity index (χ2n) is 9.72. The lowest BCUT2D eigenvalue weighted by atomic mass is 9.58. The fourth-order valence-electron chi connectivity index (χ4n) is 6.73. The molecule has 0 radical (unpaired) electrons. The molecule has 2 bridgehead atoms. The van der Waals surface area contributed by atoms with E-state index in [4.69, 9.17) is 14.2 Å². The molecule has 0 amide bonds. The Hall–Kier alpha value is -2.57. The molecule has 5 atom stereocenters. The minimum atomic E-state index is -0.293. The second kappa shape index (κ2) is 8.03. The van der Waals surface area contributed by atoms with E-state index in [-0.39, 0.29) is 42.2 Å². The fraction of sp³-hybridized carbons (Fsp3) is 0.519. The fourth-order valence-corrected chi connectivity index (χ4v) is 6.73. The number of aliphatic hydroxyl groups is 1. The Morgan fingerprint density at radius 3 is 2.36 bits per heavy atom. The van der Waals surface area contributed by atoms with E-state index in [2.05, 4.69) is 24.4 Å². The summed E-state index contributed by atoms with van der Waals surface area (Å²) in [6.45, 7) is 6.06. The molecule has 6 nitrogen and oxygen atoms in total. The van der Waals surface area contributed by atoms with Gasteiger partial charge in [0.1, 0.15) is 17.2 Å². The predicted octanol–water partition coefficient (Wildman–Crippen LogP) is 3.34. The highest BCUT2D eigenvalue weighted by atomic mass is 16.5. The average Bonchev–Trinajstić information content (AvgIpc) is 2.81. The zero-order chi connectivity index (χ0) is 23.6. The van der Waals surface area contributed by atoms with Gasteiger partial charge in [-0.05, 0) is 67.9 Å². The van der Waals surface area contributed by atoms with Crippen LogP contribution in [0.1, 0.15) is 50.9 Å². The number of hydrogen-bond acceptors (Lipinski definition) is 6. The molecule has 2 aromatic carbocycles. The molecule has 0 spiro atoms. The van der Waals surface area contributed by atoms with Crippen molar-refractivity contribution in [1.29, 1.82) is 0 Å². The summed E-state index contributed by atoms with van der Waals surface area (Å²) in [5, 5.41) is 14.2. The van der Waals surface area contributed by atoms with Crippen molar-refractivity contribution < 1.29 is 24.1 Å². The molecule has 0 aromatic heterocycles. The molecule has 5 rings (SSSR count). The van der Waals surface area contributed by atoms with Gasteiger partial charge in [0, 0.05) is 34.6 Å². The number of Topliss-reactive ketones (excluding diaryl/α,β-unsaturated/α-hetero) is 1. The summed E-state index contributed by atoms with van der Waals surface area (Å²) in [7, 11) is 5.04. The molecule has 1 aliphatic carbocycles. The number of hydrogen-bond donors (Lipinski definition) is 2. The highest BCUT2D eigenvalue weighted by molar-refractivity contribution is 5.90. The van der Waals surface area contributed by atoms with Gasteiger partial charge in [0.15, 0.2) is 5.78 Å². The number of rotatable bonds is 4. The normalized spacial score (nSPS) is 27.4. The van der Waals surface area contributed by atoms with E-state index in [1.54, 1.807) is 21.3 Å². The third-order valence-electron chi connectivity index (χ3n) is 8.30. The van der Waals surface area contributed by atoms with E-state index in [0.29, 0.717) is 6.42 Å². The zero-order valence-electron chi connectivity index (χ0n) is 20.2. The molecule has 33 heavy (non-hydrogen) atoms. The number of ether oxygens (including phenoxy) is 3. The molecule has 176 valence electrons. The van der Waals surface area contributed by atoms with E-state index in [1.165, 1.54) is 5.56 Å². The number of carbonyl (C=O) groups is 1. The molecule has 2 heterocycles. The molecular formula is C27H33NO5. The van der Waals surface area contributed by atoms with Gasteiger partial charge in [-0.2, -0.15) is 0 Å². The van der Waals surface area contributed by atoms with Crippen LogP contribution in [0.5, 0.6) is 17.2 Å². The Morgan fingerprint density at radius 2 is 1.73 bits per heavy atom. The molecule has 1 fully saturated rings. The minimum absolute atomic E-state index is 0.0142. The number of aliphatic hydroxyl groups excluding tert-OH is 1. The SMILES string of the molecule is COc1cc2c(c(OC)c1C)CC1NC2[C@@H]2Cc3cc(C)c(C)c(OC)c3[C@H](CO)C2C1=O. The van der Waals surface area contributed by atoms with Crippen LogP contribution in [0.2, 0.25) is 0 Å². The van der Waals surface area contributed by atoms with Crippen LogP contribution in [-0.4, -0.2) is 44.9 Å². The number of methoxy groups -OCH3 is 3. The Bertz CT molecular complexity index is 1140. The molecule has 0 saturated carbocycles. The van der Waals surface area contributed by atoms with Gasteiger partial charge in [-0.15, -0.1) is 0 Å². The number of benzene rings is 2. The first-order valence-electron chi connectivity index (χ1n) is 11.7. The smallest absolute Gasteiger partial charge is 0.154 e. The maximum Gasteiger partial charge on any atom is 0.154 e. The lowest BCUT2D eigenvalue weighted by molar-refractivity contribution is -0.133. The van der Waals surface area contributed by atoms with Gasteiger partial charge in [-0.25, -0.2) is 0 Å². The highest BCUT2D eigenvalue weighted by Crippen LogP contribution is 2.54. The van der Waals surface area contributed by atoms with Gasteiger partial charge in [0.2, 0.25) is 0 Å². The van der Waals surface area contributed by atoms with Crippen molar-refractivity contribution in [1.82, 2.24) is 5.32 Å². The van der Waals surface area contributed by atoms with Crippen LogP contribution in [0.4, 0.5) is 0 Å². The first-order valence-corrected chi connectivity index (χ1v) is 11.7. The summed E-state index contributed by atoms with van der Waals surface area (Å²) < 4.78 is 17.3. The van der Waals surface area contributed by atoms with Gasteiger partial charge in [-0.3, -0.25) is 10.1 Å². The number of nitrogens with one attached hydrogen (secondary N) is 1. The number of fused-ring (bicyclic) bond motifs is 7. The summed E-state index contributed by atoms with van der Waals surface area (Å²) in [6, 6.07) is 4.01. The Kier molecular flexibility index (Phi) is 5.41. The topological polar surface area (TPSA) is 77.0 Å². The van der Waals surface area contributed by atoms with Crippen molar-refractivity contribution in [3.05, 3.63) is 51.1 Å². The van der Waals surface area contributed by atoms with Gasteiger partial charge >= 0.3 is 0 Å². The standard InChI is InChI=1S/C27H33NO5/c1-12-7-15-8-18-23(19(11-29)22(15)27(33-6)13(12)2)25(30)20-9-17-16(24(18)28-20)10-21(31-4)14(3)26(17)32-5/h7,10,18-20,23-24,28-29H,8-9,11H2,1-6H3/t18-,19+,20?,23?,24?/m1/s1. The van der Waals surface area contributed by atoms with E-state index in [0.717, 1.165) is 57.1 Å². The minimum Gasteiger partial charge on any atom is -0.496 e. The van der Waals surface area contributed by atoms with Crippen molar-refractivity contribution in [3.8, 4) is 17.2 Å². The van der Waals surface area contributed by atoms with Crippen LogP contribution in [0.3, 0.4) is 0 Å². The summed E-state index contributed by atoms with van der Waals surface area (Å²) in [4.78, 5) is 13.8. The van der Waals surface area contributed by atoms with Crippen molar-refractivity contribution >= 4 is 5.78 Å². The maximum absolute atomic E-state index is 13.8. The third-order valence-corrected chi connectivity index (χ3v) is 8.30. The first kappa shape index (κ1) is 22.2. The monoisotopic (exact) mass is 451 g/mol. The van der Waals surface area contributed by atoms with Gasteiger partial charge < -0.3 is 19.3 Å². The summed E-state index contributed by atoms with van der Waals surface area (Å²) in [5.41, 5.74) is 7.62. The quantitative estimate of drug-likeness (QED) is 0.743. The van der Waals surface area contributed by atoms with Gasteiger partial charge in [0.05, 0.1) is 34.0 Å². The lowest BCUT2D eigenvalue weighted by Crippen LogP contribution is -2.59. The molecule has 2 N–H and O–H groups in total. The first-order chi connectivity index (χ1) is 15.9. The lowest BCUT2D eigenvalue weighted by Gasteiger charge is -2.51. The second-order valence-corrected chi connectivity index (χ2v) is 9.72. The van der Waals surface area contributed by atoms with Crippen LogP contribution in [-0.2, 0) is 17.6 Å². The summed E-state index contributed by atoms with van der Waals surface area (Å²) in [6.07, 6.45) is 1.33. The molecular weight excluding hydrogens is 418 g/mol. The zero-order valence-corrected chi connectivity index (χ0v) is 20.2. The molecule has 3 unspecified atom stereocenters. The van der Waals surface area contributed by atoms with E-state index >= 15 is 0 Å². The van der Waals surface area contributed by atoms with Crippen LogP contribution in [0.25, 0.3) is 0 Å². The van der Waals surface area contributed by atoms with Crippen molar-refractivity contribution in [2.24, 2.45) is 11.8 Å². The predicted molar refractivity (Wildman–Crippen MR) is 126 cm³/mol. The van der Waals surface area contributed by atoms with E-state index in [9.17, 15) is 9.90 Å². The molecule has 6 heteroatoms. The Morgan fingerprint density at radius 1 is 1.00 bits per heavy atom. The molecule has 2 aromatic rings. The Balaban J connectivity index is 1.71. The van der Waals surface area contributed by atoms with Crippen molar-refractivity contribution in [2.45, 2.75) is 51.6 Å². The molecule has 1 saturated heterocycles. The van der Waals surface area contributed by atoms with E-state index < -0.39 is 0 Å². The van der Waals surface area contributed by atoms with Crippen LogP contribution in [0, 0.1) is 32.6 Å². The average molecular weight is 452 g/mol. The van der Waals surface area contributed by atoms with Gasteiger partial charge in [-0.1, -0.05) is 6.07 Å². The maximum atomic E-state index is 13.8. The third kappa shape index (κ3) is 3.03. The van der Waals surface area contributed by atoms with Crippen LogP contribution >= 0.6 is 0 Å². The van der Waals surface area contributed by atoms with Gasteiger partial charge in [0.25, 0.3) is 0 Å². The summed E-state index contributed by atoms with van der Waals surface area (Å²) >= 11 is 0. The number of ketones is 1. The number of carbonyl (C=O) groups excluding carboxylic acids is 1. The Labute approximate surface area is 195 Å². The number of aryl methyl sites for hydroxylation is 1. The molecule has 2 aliphatic heterocycles.